The first-order valence-electron chi connectivity index (χ1n) is 8.18. The van der Waals surface area contributed by atoms with Crippen molar-refractivity contribution in [3.8, 4) is 5.75 Å². The van der Waals surface area contributed by atoms with Crippen LogP contribution in [-0.2, 0) is 6.54 Å². The molecule has 0 aliphatic carbocycles. The number of fused-ring (bicyclic) bond motifs is 1. The molecule has 130 valence electrons. The minimum absolute atomic E-state index is 0.238. The number of nitrogens with zero attached hydrogens (tertiary/aromatic N) is 5. The monoisotopic (exact) mass is 342 g/mol. The van der Waals surface area contributed by atoms with Crippen molar-refractivity contribution in [2.24, 2.45) is 0 Å². The third kappa shape index (κ3) is 3.12. The largest absolute Gasteiger partial charge is 0.496 e. The third-order valence-electron chi connectivity index (χ3n) is 4.54. The van der Waals surface area contributed by atoms with Crippen molar-refractivity contribution in [3.63, 3.8) is 0 Å². The summed E-state index contributed by atoms with van der Waals surface area (Å²) in [6.07, 6.45) is 3.31. The van der Waals surface area contributed by atoms with E-state index in [1.807, 2.05) is 0 Å². The molecule has 0 bridgehead atoms. The number of hydrogen-bond acceptors (Lipinski definition) is 6. The van der Waals surface area contributed by atoms with Crippen LogP contribution in [0.1, 0.15) is 5.56 Å². The third-order valence-corrected chi connectivity index (χ3v) is 4.54. The molecule has 0 saturated carbocycles. The number of benzene rings is 1. The Bertz CT molecular complexity index is 874. The summed E-state index contributed by atoms with van der Waals surface area (Å²) in [5, 5.41) is 7.84. The Morgan fingerprint density at radius 3 is 2.84 bits per heavy atom. The first-order valence-corrected chi connectivity index (χ1v) is 8.18. The van der Waals surface area contributed by atoms with Crippen LogP contribution in [0, 0.1) is 5.82 Å². The number of aromatic nitrogens is 4. The predicted molar refractivity (Wildman–Crippen MR) is 92.1 cm³/mol. The highest BCUT2D eigenvalue weighted by atomic mass is 19.1. The molecule has 3 heterocycles. The van der Waals surface area contributed by atoms with Gasteiger partial charge >= 0.3 is 0 Å². The molecular formula is C17H19FN6O. The van der Waals surface area contributed by atoms with E-state index in [9.17, 15) is 4.39 Å². The lowest BCUT2D eigenvalue weighted by Crippen LogP contribution is -2.46. The Hall–Kier alpha value is -2.74. The van der Waals surface area contributed by atoms with Crippen LogP contribution in [0.3, 0.4) is 0 Å². The number of aromatic amines is 1. The lowest BCUT2D eigenvalue weighted by molar-refractivity contribution is 0.245. The first kappa shape index (κ1) is 15.8. The summed E-state index contributed by atoms with van der Waals surface area (Å²) in [4.78, 5) is 13.1. The minimum atomic E-state index is -0.238. The smallest absolute Gasteiger partial charge is 0.160 e. The summed E-state index contributed by atoms with van der Waals surface area (Å²) in [7, 11) is 1.61. The molecule has 1 aliphatic rings. The van der Waals surface area contributed by atoms with Crippen LogP contribution in [0.2, 0.25) is 0 Å². The molecule has 1 aromatic carbocycles. The number of nitrogens with one attached hydrogen (secondary N) is 1. The number of H-pyrrole nitrogens is 1. The Labute approximate surface area is 144 Å². The van der Waals surface area contributed by atoms with Gasteiger partial charge in [0.2, 0.25) is 0 Å². The second-order valence-corrected chi connectivity index (χ2v) is 6.05. The number of rotatable bonds is 4. The summed E-state index contributed by atoms with van der Waals surface area (Å²) in [5.74, 6) is 1.39. The zero-order valence-electron chi connectivity index (χ0n) is 13.9. The Morgan fingerprint density at radius 2 is 2.04 bits per heavy atom. The Balaban J connectivity index is 1.45. The van der Waals surface area contributed by atoms with Crippen molar-refractivity contribution in [2.75, 3.05) is 38.2 Å². The second-order valence-electron chi connectivity index (χ2n) is 6.05. The second kappa shape index (κ2) is 6.64. The molecular weight excluding hydrogens is 323 g/mol. The van der Waals surface area contributed by atoms with E-state index in [1.54, 1.807) is 31.8 Å². The number of halogens is 1. The van der Waals surface area contributed by atoms with Crippen molar-refractivity contribution in [2.45, 2.75) is 6.54 Å². The average molecular weight is 342 g/mol. The van der Waals surface area contributed by atoms with Gasteiger partial charge in [-0.25, -0.2) is 14.4 Å². The van der Waals surface area contributed by atoms with E-state index in [4.69, 9.17) is 4.74 Å². The number of methoxy groups -OCH3 is 1. The van der Waals surface area contributed by atoms with Gasteiger partial charge in [0, 0.05) is 38.3 Å². The highest BCUT2D eigenvalue weighted by Crippen LogP contribution is 2.24. The number of anilines is 1. The summed E-state index contributed by atoms with van der Waals surface area (Å²) in [5.41, 5.74) is 1.62. The number of hydrogen-bond donors (Lipinski definition) is 1. The molecule has 0 amide bonds. The van der Waals surface area contributed by atoms with E-state index >= 15 is 0 Å². The van der Waals surface area contributed by atoms with Crippen LogP contribution in [0.5, 0.6) is 5.75 Å². The maximum Gasteiger partial charge on any atom is 0.160 e. The van der Waals surface area contributed by atoms with Crippen molar-refractivity contribution in [1.82, 2.24) is 25.1 Å². The van der Waals surface area contributed by atoms with Crippen molar-refractivity contribution < 1.29 is 9.13 Å². The van der Waals surface area contributed by atoms with Gasteiger partial charge in [0.15, 0.2) is 5.65 Å². The molecule has 0 atom stereocenters. The van der Waals surface area contributed by atoms with Gasteiger partial charge in [-0.1, -0.05) is 0 Å². The van der Waals surface area contributed by atoms with E-state index in [-0.39, 0.29) is 5.82 Å². The molecule has 1 fully saturated rings. The fourth-order valence-electron chi connectivity index (χ4n) is 3.23. The molecule has 0 unspecified atom stereocenters. The lowest BCUT2D eigenvalue weighted by Gasteiger charge is -2.35. The molecule has 8 heteroatoms. The highest BCUT2D eigenvalue weighted by molar-refractivity contribution is 5.86. The SMILES string of the molecule is COc1ccc(F)cc1CN1CCN(c2ncnc3[nH]ncc23)CC1. The Morgan fingerprint density at radius 1 is 1.20 bits per heavy atom. The molecule has 1 N–H and O–H groups in total. The van der Waals surface area contributed by atoms with Crippen LogP contribution in [0.15, 0.2) is 30.7 Å². The maximum absolute atomic E-state index is 13.5. The van der Waals surface area contributed by atoms with Gasteiger partial charge in [0.25, 0.3) is 0 Å². The van der Waals surface area contributed by atoms with Crippen molar-refractivity contribution >= 4 is 16.9 Å². The molecule has 4 rings (SSSR count). The fourth-order valence-corrected chi connectivity index (χ4v) is 3.23. The van der Waals surface area contributed by atoms with E-state index < -0.39 is 0 Å². The van der Waals surface area contributed by atoms with Gasteiger partial charge in [-0.05, 0) is 18.2 Å². The quantitative estimate of drug-likeness (QED) is 0.780. The maximum atomic E-state index is 13.5. The van der Waals surface area contributed by atoms with Crippen LogP contribution in [-0.4, -0.2) is 58.4 Å². The van der Waals surface area contributed by atoms with Crippen LogP contribution in [0.25, 0.3) is 11.0 Å². The van der Waals surface area contributed by atoms with Crippen molar-refractivity contribution in [3.05, 3.63) is 42.1 Å². The topological polar surface area (TPSA) is 70.2 Å². The average Bonchev–Trinajstić information content (AvgIpc) is 3.11. The molecule has 3 aromatic rings. The van der Waals surface area contributed by atoms with E-state index in [0.29, 0.717) is 6.54 Å². The molecule has 1 aliphatic heterocycles. The standard InChI is InChI=1S/C17H19FN6O/c1-25-15-3-2-13(18)8-12(15)10-23-4-6-24(7-5-23)17-14-9-21-22-16(14)19-11-20-17/h2-3,8-9,11H,4-7,10H2,1H3,(H,19,20,21,22). The van der Waals surface area contributed by atoms with Gasteiger partial charge in [-0.2, -0.15) is 5.10 Å². The first-order chi connectivity index (χ1) is 12.2. The summed E-state index contributed by atoms with van der Waals surface area (Å²) >= 11 is 0. The molecule has 0 spiro atoms. The molecule has 0 radical (unpaired) electrons. The number of piperazine rings is 1. The highest BCUT2D eigenvalue weighted by Gasteiger charge is 2.21. The fraction of sp³-hybridized carbons (Fsp3) is 0.353. The van der Waals surface area contributed by atoms with Crippen LogP contribution < -0.4 is 9.64 Å². The van der Waals surface area contributed by atoms with Gasteiger partial charge in [0.1, 0.15) is 23.7 Å². The summed E-state index contributed by atoms with van der Waals surface area (Å²) in [6, 6.07) is 4.65. The summed E-state index contributed by atoms with van der Waals surface area (Å²) < 4.78 is 18.9. The zero-order valence-corrected chi connectivity index (χ0v) is 13.9. The van der Waals surface area contributed by atoms with Crippen LogP contribution >= 0.6 is 0 Å². The van der Waals surface area contributed by atoms with Crippen molar-refractivity contribution in [1.29, 1.82) is 0 Å². The van der Waals surface area contributed by atoms with Gasteiger partial charge in [-0.3, -0.25) is 10.00 Å². The normalized spacial score (nSPS) is 15.7. The molecule has 1 saturated heterocycles. The Kier molecular flexibility index (Phi) is 4.19. The zero-order chi connectivity index (χ0) is 17.2. The van der Waals surface area contributed by atoms with Gasteiger partial charge in [-0.15, -0.1) is 0 Å². The number of ether oxygens (including phenoxy) is 1. The summed E-state index contributed by atoms with van der Waals surface area (Å²) in [6.45, 7) is 4.08. The van der Waals surface area contributed by atoms with Gasteiger partial charge < -0.3 is 9.64 Å². The van der Waals surface area contributed by atoms with E-state index in [0.717, 1.165) is 54.3 Å². The lowest BCUT2D eigenvalue weighted by atomic mass is 10.1. The van der Waals surface area contributed by atoms with E-state index in [1.165, 1.54) is 6.07 Å². The van der Waals surface area contributed by atoms with E-state index in [2.05, 4.69) is 30.0 Å². The predicted octanol–water partition coefficient (Wildman–Crippen LogP) is 1.82. The molecule has 25 heavy (non-hydrogen) atoms. The molecule has 7 nitrogen and oxygen atoms in total. The van der Waals surface area contributed by atoms with Crippen LogP contribution in [0.4, 0.5) is 10.2 Å². The minimum Gasteiger partial charge on any atom is -0.496 e. The van der Waals surface area contributed by atoms with Gasteiger partial charge in [0.05, 0.1) is 18.7 Å². The molecule has 2 aromatic heterocycles.